The van der Waals surface area contributed by atoms with E-state index >= 15 is 0 Å². The third kappa shape index (κ3) is 4.27. The predicted octanol–water partition coefficient (Wildman–Crippen LogP) is 2.34. The van der Waals surface area contributed by atoms with Crippen LogP contribution in [0.4, 0.5) is 11.4 Å². The van der Waals surface area contributed by atoms with Crippen molar-refractivity contribution in [1.82, 2.24) is 5.16 Å². The van der Waals surface area contributed by atoms with Crippen LogP contribution in [-0.2, 0) is 9.53 Å². The van der Waals surface area contributed by atoms with Crippen molar-refractivity contribution >= 4 is 34.9 Å². The molecule has 0 atom stereocenters. The van der Waals surface area contributed by atoms with Crippen LogP contribution in [0, 0.1) is 17.0 Å². The van der Waals surface area contributed by atoms with Crippen LogP contribution in [0.2, 0.25) is 5.02 Å². The molecule has 0 saturated heterocycles. The van der Waals surface area contributed by atoms with Gasteiger partial charge in [0.05, 0.1) is 21.3 Å². The standard InChI is InChI=1S/C13H10ClN3O6/c1-7-4-11(23-16-7)13(19)22-6-12(18)15-10-3-2-8(17(20)21)5-9(10)14/h2-5H,6H2,1H3,(H,15,18). The van der Waals surface area contributed by atoms with Gasteiger partial charge in [0.2, 0.25) is 5.76 Å². The Morgan fingerprint density at radius 3 is 2.74 bits per heavy atom. The number of carbonyl (C=O) groups is 2. The third-order valence-corrected chi connectivity index (χ3v) is 2.91. The fourth-order valence-corrected chi connectivity index (χ4v) is 1.79. The van der Waals surface area contributed by atoms with E-state index in [1.54, 1.807) is 6.92 Å². The maximum atomic E-state index is 11.7. The van der Waals surface area contributed by atoms with E-state index in [1.165, 1.54) is 18.2 Å². The van der Waals surface area contributed by atoms with Crippen molar-refractivity contribution in [3.05, 3.63) is 50.9 Å². The lowest BCUT2D eigenvalue weighted by atomic mass is 10.3. The minimum atomic E-state index is -0.837. The van der Waals surface area contributed by atoms with Gasteiger partial charge in [0.25, 0.3) is 11.6 Å². The normalized spacial score (nSPS) is 10.2. The highest BCUT2D eigenvalue weighted by atomic mass is 35.5. The molecule has 1 aromatic carbocycles. The van der Waals surface area contributed by atoms with Crippen molar-refractivity contribution in [3.8, 4) is 0 Å². The van der Waals surface area contributed by atoms with E-state index in [-0.39, 0.29) is 22.2 Å². The first kappa shape index (κ1) is 16.4. The Kier molecular flexibility index (Phi) is 4.91. The number of esters is 1. The van der Waals surface area contributed by atoms with Crippen LogP contribution < -0.4 is 5.32 Å². The Balaban J connectivity index is 1.92. The summed E-state index contributed by atoms with van der Waals surface area (Å²) in [6, 6.07) is 4.93. The first-order valence-electron chi connectivity index (χ1n) is 6.21. The number of aromatic nitrogens is 1. The average Bonchev–Trinajstić information content (AvgIpc) is 2.93. The van der Waals surface area contributed by atoms with Gasteiger partial charge in [0.15, 0.2) is 6.61 Å². The molecule has 0 aliphatic rings. The van der Waals surface area contributed by atoms with Crippen LogP contribution in [0.15, 0.2) is 28.8 Å². The van der Waals surface area contributed by atoms with Crippen molar-refractivity contribution in [2.45, 2.75) is 6.92 Å². The highest BCUT2D eigenvalue weighted by molar-refractivity contribution is 6.34. The molecule has 1 amide bonds. The van der Waals surface area contributed by atoms with Gasteiger partial charge < -0.3 is 14.6 Å². The summed E-state index contributed by atoms with van der Waals surface area (Å²) in [5, 5.41) is 16.5. The number of hydrogen-bond donors (Lipinski definition) is 1. The number of nitro benzene ring substituents is 1. The molecule has 0 aliphatic carbocycles. The van der Waals surface area contributed by atoms with Gasteiger partial charge in [0, 0.05) is 18.2 Å². The lowest BCUT2D eigenvalue weighted by Gasteiger charge is -2.07. The number of nitrogens with zero attached hydrogens (tertiary/aromatic N) is 2. The molecule has 1 N–H and O–H groups in total. The van der Waals surface area contributed by atoms with E-state index in [0.29, 0.717) is 5.69 Å². The summed E-state index contributed by atoms with van der Waals surface area (Å²) in [7, 11) is 0. The zero-order chi connectivity index (χ0) is 17.0. The fourth-order valence-electron chi connectivity index (χ4n) is 1.57. The van der Waals surface area contributed by atoms with Crippen LogP contribution in [0.5, 0.6) is 0 Å². The van der Waals surface area contributed by atoms with Gasteiger partial charge in [-0.1, -0.05) is 16.8 Å². The van der Waals surface area contributed by atoms with Crippen LogP contribution >= 0.6 is 11.6 Å². The highest BCUT2D eigenvalue weighted by Gasteiger charge is 2.16. The lowest BCUT2D eigenvalue weighted by Crippen LogP contribution is -2.21. The molecule has 0 aliphatic heterocycles. The van der Waals surface area contributed by atoms with E-state index in [0.717, 1.165) is 6.07 Å². The maximum absolute atomic E-state index is 11.7. The molecule has 23 heavy (non-hydrogen) atoms. The molecule has 0 saturated carbocycles. The topological polar surface area (TPSA) is 125 Å². The van der Waals surface area contributed by atoms with Crippen LogP contribution in [0.25, 0.3) is 0 Å². The summed E-state index contributed by atoms with van der Waals surface area (Å²) in [5.74, 6) is -1.62. The number of aryl methyl sites for hydroxylation is 1. The second-order valence-corrected chi connectivity index (χ2v) is 4.79. The van der Waals surface area contributed by atoms with Crippen molar-refractivity contribution in [2.75, 3.05) is 11.9 Å². The Morgan fingerprint density at radius 1 is 1.43 bits per heavy atom. The summed E-state index contributed by atoms with van der Waals surface area (Å²) in [4.78, 5) is 33.2. The second kappa shape index (κ2) is 6.88. The molecular weight excluding hydrogens is 330 g/mol. The summed E-state index contributed by atoms with van der Waals surface area (Å²) in [5.41, 5.74) is 0.452. The van der Waals surface area contributed by atoms with E-state index in [4.69, 9.17) is 20.9 Å². The van der Waals surface area contributed by atoms with Gasteiger partial charge in [0.1, 0.15) is 0 Å². The van der Waals surface area contributed by atoms with Crippen molar-refractivity contribution in [3.63, 3.8) is 0 Å². The highest BCUT2D eigenvalue weighted by Crippen LogP contribution is 2.26. The summed E-state index contributed by atoms with van der Waals surface area (Å²) in [6.07, 6.45) is 0. The van der Waals surface area contributed by atoms with Gasteiger partial charge in [-0.3, -0.25) is 14.9 Å². The first-order chi connectivity index (χ1) is 10.9. The third-order valence-electron chi connectivity index (χ3n) is 2.60. The summed E-state index contributed by atoms with van der Waals surface area (Å²) >= 11 is 5.83. The Morgan fingerprint density at radius 2 is 2.17 bits per heavy atom. The fraction of sp³-hybridized carbons (Fsp3) is 0.154. The summed E-state index contributed by atoms with van der Waals surface area (Å²) < 4.78 is 9.43. The minimum Gasteiger partial charge on any atom is -0.450 e. The van der Waals surface area contributed by atoms with Gasteiger partial charge >= 0.3 is 5.97 Å². The van der Waals surface area contributed by atoms with E-state index in [2.05, 4.69) is 10.5 Å². The Hall–Kier alpha value is -2.94. The molecule has 10 heteroatoms. The van der Waals surface area contributed by atoms with Gasteiger partial charge in [-0.25, -0.2) is 4.79 Å². The zero-order valence-corrected chi connectivity index (χ0v) is 12.5. The molecule has 9 nitrogen and oxygen atoms in total. The number of nitro groups is 1. The van der Waals surface area contributed by atoms with Gasteiger partial charge in [-0.2, -0.15) is 0 Å². The number of hydrogen-bond acceptors (Lipinski definition) is 7. The van der Waals surface area contributed by atoms with Gasteiger partial charge in [-0.05, 0) is 13.0 Å². The van der Waals surface area contributed by atoms with Crippen LogP contribution in [0.1, 0.15) is 16.2 Å². The summed E-state index contributed by atoms with van der Waals surface area (Å²) in [6.45, 7) is 1.05. The zero-order valence-electron chi connectivity index (χ0n) is 11.7. The number of halogens is 1. The van der Waals surface area contributed by atoms with E-state index < -0.39 is 23.4 Å². The molecule has 1 heterocycles. The predicted molar refractivity (Wildman–Crippen MR) is 78.3 cm³/mol. The largest absolute Gasteiger partial charge is 0.450 e. The smallest absolute Gasteiger partial charge is 0.377 e. The molecule has 0 fully saturated rings. The van der Waals surface area contributed by atoms with E-state index in [1.807, 2.05) is 0 Å². The Bertz CT molecular complexity index is 773. The minimum absolute atomic E-state index is 0.00950. The SMILES string of the molecule is Cc1cc(C(=O)OCC(=O)Nc2ccc([N+](=O)[O-])cc2Cl)on1. The molecular formula is C13H10ClN3O6. The van der Waals surface area contributed by atoms with Crippen LogP contribution in [-0.4, -0.2) is 28.6 Å². The molecule has 120 valence electrons. The second-order valence-electron chi connectivity index (χ2n) is 4.38. The number of carbonyl (C=O) groups excluding carboxylic acids is 2. The molecule has 0 spiro atoms. The monoisotopic (exact) mass is 339 g/mol. The van der Waals surface area contributed by atoms with Crippen molar-refractivity contribution < 1.29 is 23.8 Å². The van der Waals surface area contributed by atoms with Crippen LogP contribution in [0.3, 0.4) is 0 Å². The Labute approximate surface area is 134 Å². The van der Waals surface area contributed by atoms with Crippen molar-refractivity contribution in [1.29, 1.82) is 0 Å². The van der Waals surface area contributed by atoms with Crippen molar-refractivity contribution in [2.24, 2.45) is 0 Å². The van der Waals surface area contributed by atoms with Gasteiger partial charge in [-0.15, -0.1) is 0 Å². The quantitative estimate of drug-likeness (QED) is 0.503. The first-order valence-corrected chi connectivity index (χ1v) is 6.59. The number of benzene rings is 1. The number of nitrogens with one attached hydrogen (secondary N) is 1. The molecule has 2 rings (SSSR count). The maximum Gasteiger partial charge on any atom is 0.377 e. The number of ether oxygens (including phenoxy) is 1. The number of amides is 1. The molecule has 0 unspecified atom stereocenters. The lowest BCUT2D eigenvalue weighted by molar-refractivity contribution is -0.384. The molecule has 0 radical (unpaired) electrons. The average molecular weight is 340 g/mol. The van der Waals surface area contributed by atoms with E-state index in [9.17, 15) is 19.7 Å². The number of rotatable bonds is 5. The number of anilines is 1. The molecule has 0 bridgehead atoms. The number of non-ortho nitro benzene ring substituents is 1. The molecule has 2 aromatic rings. The molecule has 1 aromatic heterocycles.